The van der Waals surface area contributed by atoms with Crippen LogP contribution in [-0.4, -0.2) is 12.5 Å². The van der Waals surface area contributed by atoms with E-state index in [9.17, 15) is 10.1 Å². The minimum Gasteiger partial charge on any atom is -0.489 e. The number of hydrogen-bond acceptors (Lipinski definition) is 5. The van der Waals surface area contributed by atoms with Gasteiger partial charge in [0.15, 0.2) is 0 Å². The molecule has 2 N–H and O–H groups in total. The number of amides is 1. The molecule has 1 aromatic heterocycles. The van der Waals surface area contributed by atoms with Gasteiger partial charge in [0.2, 0.25) is 0 Å². The van der Waals surface area contributed by atoms with Crippen molar-refractivity contribution in [2.75, 3.05) is 6.54 Å². The van der Waals surface area contributed by atoms with Crippen molar-refractivity contribution < 1.29 is 13.9 Å². The van der Waals surface area contributed by atoms with Gasteiger partial charge in [0.1, 0.15) is 23.7 Å². The van der Waals surface area contributed by atoms with Gasteiger partial charge in [-0.15, -0.1) is 0 Å². The minimum atomic E-state index is -0.261. The lowest BCUT2D eigenvalue weighted by molar-refractivity contribution is 0.0933. The molecular formula is C35H31N3O3. The summed E-state index contributed by atoms with van der Waals surface area (Å²) in [6.45, 7) is 5.28. The Bertz CT molecular complexity index is 1690. The van der Waals surface area contributed by atoms with Crippen molar-refractivity contribution in [3.8, 4) is 23.1 Å². The summed E-state index contributed by atoms with van der Waals surface area (Å²) in [7, 11) is 0. The van der Waals surface area contributed by atoms with E-state index >= 15 is 0 Å². The van der Waals surface area contributed by atoms with Gasteiger partial charge in [-0.2, -0.15) is 5.26 Å². The number of ether oxygens (including phenoxy) is 1. The Morgan fingerprint density at radius 1 is 0.927 bits per heavy atom. The number of furan rings is 1. The van der Waals surface area contributed by atoms with Gasteiger partial charge < -0.3 is 9.15 Å². The highest BCUT2D eigenvalue weighted by Crippen LogP contribution is 2.34. The van der Waals surface area contributed by atoms with Crippen LogP contribution in [0.3, 0.4) is 0 Å². The lowest BCUT2D eigenvalue weighted by Gasteiger charge is -2.10. The third-order valence-corrected chi connectivity index (χ3v) is 6.55. The Hall–Kier alpha value is -5.12. The van der Waals surface area contributed by atoms with E-state index in [0.29, 0.717) is 41.5 Å². The molecule has 1 amide bonds. The molecule has 0 bridgehead atoms. The second-order valence-corrected chi connectivity index (χ2v) is 10.1. The van der Waals surface area contributed by atoms with E-state index in [4.69, 9.17) is 9.15 Å². The van der Waals surface area contributed by atoms with Gasteiger partial charge in [-0.1, -0.05) is 98.8 Å². The van der Waals surface area contributed by atoms with Crippen LogP contribution in [0.4, 0.5) is 0 Å². The summed E-state index contributed by atoms with van der Waals surface area (Å²) in [5, 5.41) is 10.6. The zero-order valence-electron chi connectivity index (χ0n) is 23.1. The number of allylic oxidation sites excluding steroid dienone is 1. The molecular weight excluding hydrogens is 510 g/mol. The maximum atomic E-state index is 13.2. The first-order valence-corrected chi connectivity index (χ1v) is 13.6. The molecule has 0 fully saturated rings. The van der Waals surface area contributed by atoms with E-state index < -0.39 is 0 Å². The van der Waals surface area contributed by atoms with Crippen LogP contribution in [0, 0.1) is 17.2 Å². The van der Waals surface area contributed by atoms with Crippen LogP contribution in [0.15, 0.2) is 108 Å². The molecule has 5 aromatic rings. The average Bonchev–Trinajstić information content (AvgIpc) is 3.40. The van der Waals surface area contributed by atoms with Crippen molar-refractivity contribution in [3.63, 3.8) is 0 Å². The average molecular weight is 542 g/mol. The SMILES string of the molecule is CC(C)CNNC(=O)c1c(-c2ccc(/C(C#N)=C/c3ccc(OCc4ccccc4)cc3)cc2)oc2ccccc12. The lowest BCUT2D eigenvalue weighted by atomic mass is 10.00. The molecule has 204 valence electrons. The maximum Gasteiger partial charge on any atom is 0.269 e. The summed E-state index contributed by atoms with van der Waals surface area (Å²) in [5.41, 5.74) is 10.9. The molecule has 6 heteroatoms. The molecule has 0 spiro atoms. The first kappa shape index (κ1) is 27.4. The highest BCUT2D eigenvalue weighted by molar-refractivity contribution is 6.11. The third kappa shape index (κ3) is 6.73. The van der Waals surface area contributed by atoms with E-state index in [1.807, 2.05) is 109 Å². The van der Waals surface area contributed by atoms with Crippen molar-refractivity contribution in [1.29, 1.82) is 5.26 Å². The fourth-order valence-electron chi connectivity index (χ4n) is 4.42. The summed E-state index contributed by atoms with van der Waals surface area (Å²) in [6.07, 6.45) is 1.84. The molecule has 5 rings (SSSR count). The van der Waals surface area contributed by atoms with Crippen molar-refractivity contribution in [2.24, 2.45) is 5.92 Å². The van der Waals surface area contributed by atoms with Gasteiger partial charge in [0.25, 0.3) is 5.91 Å². The van der Waals surface area contributed by atoms with E-state index in [-0.39, 0.29) is 5.91 Å². The van der Waals surface area contributed by atoms with Crippen molar-refractivity contribution in [1.82, 2.24) is 10.9 Å². The predicted molar refractivity (Wildman–Crippen MR) is 163 cm³/mol. The van der Waals surface area contributed by atoms with Crippen molar-refractivity contribution in [3.05, 3.63) is 125 Å². The molecule has 0 aliphatic carbocycles. The number of nitrogens with one attached hydrogen (secondary N) is 2. The number of carbonyl (C=O) groups is 1. The molecule has 0 unspecified atom stereocenters. The zero-order chi connectivity index (χ0) is 28.6. The Labute approximate surface area is 239 Å². The number of nitrogens with zero attached hydrogens (tertiary/aromatic N) is 1. The highest BCUT2D eigenvalue weighted by Gasteiger charge is 2.22. The standard InChI is InChI=1S/C35H31N3O3/c1-24(2)22-37-38-35(39)33-31-10-6-7-11-32(31)41-34(33)28-16-14-27(15-17-28)29(21-36)20-25-12-18-30(19-13-25)40-23-26-8-4-3-5-9-26/h3-20,24,37H,22-23H2,1-2H3,(H,38,39)/b29-20+. The summed E-state index contributed by atoms with van der Waals surface area (Å²) in [5.74, 6) is 1.37. The summed E-state index contributed by atoms with van der Waals surface area (Å²) >= 11 is 0. The molecule has 0 radical (unpaired) electrons. The topological polar surface area (TPSA) is 87.3 Å². The van der Waals surface area contributed by atoms with E-state index in [2.05, 4.69) is 30.8 Å². The van der Waals surface area contributed by atoms with E-state index in [0.717, 1.165) is 33.4 Å². The molecule has 0 saturated carbocycles. The van der Waals surface area contributed by atoms with Gasteiger partial charge in [0, 0.05) is 17.5 Å². The van der Waals surface area contributed by atoms with Gasteiger partial charge in [0.05, 0.1) is 17.2 Å². The fourth-order valence-corrected chi connectivity index (χ4v) is 4.42. The number of carbonyl (C=O) groups excluding carboxylic acids is 1. The van der Waals surface area contributed by atoms with E-state index in [1.165, 1.54) is 0 Å². The second kappa shape index (κ2) is 12.8. The molecule has 1 heterocycles. The summed E-state index contributed by atoms with van der Waals surface area (Å²) in [4.78, 5) is 13.2. The summed E-state index contributed by atoms with van der Waals surface area (Å²) in [6, 6.07) is 34.9. The van der Waals surface area contributed by atoms with Crippen LogP contribution in [0.25, 0.3) is 33.9 Å². The Balaban J connectivity index is 1.35. The van der Waals surface area contributed by atoms with Crippen molar-refractivity contribution >= 4 is 28.5 Å². The van der Waals surface area contributed by atoms with Gasteiger partial charge in [-0.3, -0.25) is 10.2 Å². The Kier molecular flexibility index (Phi) is 8.58. The molecule has 0 saturated heterocycles. The van der Waals surface area contributed by atoms with Gasteiger partial charge in [-0.05, 0) is 46.9 Å². The van der Waals surface area contributed by atoms with E-state index in [1.54, 1.807) is 0 Å². The number of rotatable bonds is 10. The van der Waals surface area contributed by atoms with Crippen LogP contribution < -0.4 is 15.6 Å². The molecule has 0 atom stereocenters. The predicted octanol–water partition coefficient (Wildman–Crippen LogP) is 7.63. The number of nitriles is 1. The van der Waals surface area contributed by atoms with Crippen LogP contribution in [0.5, 0.6) is 5.75 Å². The Morgan fingerprint density at radius 3 is 2.34 bits per heavy atom. The smallest absolute Gasteiger partial charge is 0.269 e. The van der Waals surface area contributed by atoms with Crippen LogP contribution in [-0.2, 0) is 6.61 Å². The molecule has 4 aromatic carbocycles. The number of para-hydroxylation sites is 1. The van der Waals surface area contributed by atoms with Crippen molar-refractivity contribution in [2.45, 2.75) is 20.5 Å². The number of hydrazine groups is 1. The Morgan fingerprint density at radius 2 is 1.63 bits per heavy atom. The first-order chi connectivity index (χ1) is 20.0. The molecule has 0 aliphatic rings. The monoisotopic (exact) mass is 541 g/mol. The number of fused-ring (bicyclic) bond motifs is 1. The zero-order valence-corrected chi connectivity index (χ0v) is 23.1. The van der Waals surface area contributed by atoms with Crippen LogP contribution >= 0.6 is 0 Å². The first-order valence-electron chi connectivity index (χ1n) is 13.6. The number of benzene rings is 4. The second-order valence-electron chi connectivity index (χ2n) is 10.1. The normalized spacial score (nSPS) is 11.4. The fraction of sp³-hybridized carbons (Fsp3) is 0.143. The molecule has 0 aliphatic heterocycles. The molecule has 6 nitrogen and oxygen atoms in total. The summed E-state index contributed by atoms with van der Waals surface area (Å²) < 4.78 is 12.0. The molecule has 41 heavy (non-hydrogen) atoms. The van der Waals surface area contributed by atoms with Gasteiger partial charge in [-0.25, -0.2) is 5.43 Å². The van der Waals surface area contributed by atoms with Crippen LogP contribution in [0.2, 0.25) is 0 Å². The minimum absolute atomic E-state index is 0.261. The number of hydrogen-bond donors (Lipinski definition) is 2. The van der Waals surface area contributed by atoms with Gasteiger partial charge >= 0.3 is 0 Å². The lowest BCUT2D eigenvalue weighted by Crippen LogP contribution is -2.39. The quantitative estimate of drug-likeness (QED) is 0.108. The maximum absolute atomic E-state index is 13.2. The largest absolute Gasteiger partial charge is 0.489 e. The van der Waals surface area contributed by atoms with Crippen LogP contribution in [0.1, 0.15) is 40.9 Å². The third-order valence-electron chi connectivity index (χ3n) is 6.55. The highest BCUT2D eigenvalue weighted by atomic mass is 16.5.